The minimum atomic E-state index is -0.195. The van der Waals surface area contributed by atoms with Crippen molar-refractivity contribution >= 4 is 34.0 Å². The molecule has 1 aliphatic heterocycles. The maximum Gasteiger partial charge on any atom is 0.257 e. The molecule has 0 aliphatic carbocycles. The van der Waals surface area contributed by atoms with Crippen LogP contribution < -0.4 is 10.2 Å². The molecule has 1 saturated heterocycles. The summed E-state index contributed by atoms with van der Waals surface area (Å²) in [6.07, 6.45) is 3.14. The second-order valence-corrected chi connectivity index (χ2v) is 5.38. The number of nitrogens with one attached hydrogen (secondary N) is 1. The lowest BCUT2D eigenvalue weighted by atomic mass is 10.2. The number of carbonyl (C=O) groups is 2. The third kappa shape index (κ3) is 2.55. The monoisotopic (exact) mass is 287 g/mol. The second-order valence-electron chi connectivity index (χ2n) is 4.49. The first-order valence-electron chi connectivity index (χ1n) is 6.35. The van der Waals surface area contributed by atoms with Crippen LogP contribution in [-0.2, 0) is 4.79 Å². The summed E-state index contributed by atoms with van der Waals surface area (Å²) in [5.41, 5.74) is 1.40. The smallest absolute Gasteiger partial charge is 0.257 e. The average molecular weight is 287 g/mol. The van der Waals surface area contributed by atoms with Gasteiger partial charge in [0.15, 0.2) is 5.13 Å². The van der Waals surface area contributed by atoms with Crippen molar-refractivity contribution in [2.45, 2.75) is 12.8 Å². The zero-order valence-corrected chi connectivity index (χ0v) is 11.5. The van der Waals surface area contributed by atoms with Crippen LogP contribution in [0.1, 0.15) is 23.2 Å². The van der Waals surface area contributed by atoms with Crippen molar-refractivity contribution < 1.29 is 9.59 Å². The summed E-state index contributed by atoms with van der Waals surface area (Å²) in [6, 6.07) is 7.06. The Labute approximate surface area is 120 Å². The van der Waals surface area contributed by atoms with Crippen LogP contribution in [0.2, 0.25) is 0 Å². The third-order valence-electron chi connectivity index (χ3n) is 3.17. The molecule has 5 nitrogen and oxygen atoms in total. The molecule has 2 amide bonds. The molecule has 1 aromatic heterocycles. The van der Waals surface area contributed by atoms with E-state index in [4.69, 9.17) is 0 Å². The Balaban J connectivity index is 1.72. The Morgan fingerprint density at radius 3 is 2.70 bits per heavy atom. The van der Waals surface area contributed by atoms with E-state index in [1.807, 2.05) is 0 Å². The molecule has 102 valence electrons. The van der Waals surface area contributed by atoms with Crippen LogP contribution in [-0.4, -0.2) is 23.3 Å². The molecule has 0 atom stereocenters. The van der Waals surface area contributed by atoms with E-state index in [0.29, 0.717) is 17.1 Å². The summed E-state index contributed by atoms with van der Waals surface area (Å²) in [4.78, 5) is 29.4. The Hall–Kier alpha value is -2.21. The van der Waals surface area contributed by atoms with Crippen molar-refractivity contribution in [2.75, 3.05) is 16.8 Å². The summed E-state index contributed by atoms with van der Waals surface area (Å²) >= 11 is 1.37. The molecule has 20 heavy (non-hydrogen) atoms. The molecule has 3 rings (SSSR count). The molecule has 0 unspecified atom stereocenters. The largest absolute Gasteiger partial charge is 0.312 e. The van der Waals surface area contributed by atoms with E-state index in [0.717, 1.165) is 18.7 Å². The highest BCUT2D eigenvalue weighted by Gasteiger charge is 2.21. The Bertz CT molecular complexity index is 622. The fourth-order valence-corrected chi connectivity index (χ4v) is 2.69. The maximum atomic E-state index is 12.0. The van der Waals surface area contributed by atoms with Gasteiger partial charge in [0.1, 0.15) is 0 Å². The molecule has 1 aromatic carbocycles. The van der Waals surface area contributed by atoms with Gasteiger partial charge in [0.2, 0.25) is 5.91 Å². The van der Waals surface area contributed by atoms with Crippen molar-refractivity contribution in [3.05, 3.63) is 41.4 Å². The number of thiazole rings is 1. The number of anilines is 2. The van der Waals surface area contributed by atoms with Crippen molar-refractivity contribution in [3.8, 4) is 0 Å². The van der Waals surface area contributed by atoms with Gasteiger partial charge in [-0.25, -0.2) is 4.98 Å². The lowest BCUT2D eigenvalue weighted by Crippen LogP contribution is -2.23. The topological polar surface area (TPSA) is 62.3 Å². The van der Waals surface area contributed by atoms with E-state index in [2.05, 4.69) is 10.3 Å². The number of carbonyl (C=O) groups excluding carboxylic acids is 2. The SMILES string of the molecule is O=C(Nc1nccs1)c1ccc(N2CCCC2=O)cc1. The van der Waals surface area contributed by atoms with E-state index in [1.165, 1.54) is 11.3 Å². The van der Waals surface area contributed by atoms with Crippen LogP contribution in [0, 0.1) is 0 Å². The first-order chi connectivity index (χ1) is 9.74. The highest BCUT2D eigenvalue weighted by atomic mass is 32.1. The summed E-state index contributed by atoms with van der Waals surface area (Å²) < 4.78 is 0. The zero-order valence-electron chi connectivity index (χ0n) is 10.7. The fourth-order valence-electron chi connectivity index (χ4n) is 2.17. The van der Waals surface area contributed by atoms with Crippen LogP contribution in [0.3, 0.4) is 0 Å². The summed E-state index contributed by atoms with van der Waals surface area (Å²) in [6.45, 7) is 0.753. The number of rotatable bonds is 3. The number of amides is 2. The van der Waals surface area contributed by atoms with Crippen molar-refractivity contribution in [1.82, 2.24) is 4.98 Å². The van der Waals surface area contributed by atoms with E-state index >= 15 is 0 Å². The molecule has 0 saturated carbocycles. The predicted octanol–water partition coefficient (Wildman–Crippen LogP) is 2.52. The summed E-state index contributed by atoms with van der Waals surface area (Å²) in [7, 11) is 0. The first kappa shape index (κ1) is 12.8. The van der Waals surface area contributed by atoms with Gasteiger partial charge >= 0.3 is 0 Å². The predicted molar refractivity (Wildman–Crippen MR) is 78.1 cm³/mol. The van der Waals surface area contributed by atoms with Gasteiger partial charge in [0, 0.05) is 35.8 Å². The van der Waals surface area contributed by atoms with Gasteiger partial charge in [-0.2, -0.15) is 0 Å². The van der Waals surface area contributed by atoms with Crippen LogP contribution in [0.15, 0.2) is 35.8 Å². The molecule has 0 bridgehead atoms. The molecular weight excluding hydrogens is 274 g/mol. The summed E-state index contributed by atoms with van der Waals surface area (Å²) in [5, 5.41) is 5.10. The maximum absolute atomic E-state index is 12.0. The second kappa shape index (κ2) is 5.42. The molecule has 2 heterocycles. The first-order valence-corrected chi connectivity index (χ1v) is 7.23. The molecule has 0 radical (unpaired) electrons. The van der Waals surface area contributed by atoms with Gasteiger partial charge in [-0.05, 0) is 30.7 Å². The van der Waals surface area contributed by atoms with Gasteiger partial charge in [0.25, 0.3) is 5.91 Å². The number of aromatic nitrogens is 1. The molecule has 1 N–H and O–H groups in total. The molecular formula is C14H13N3O2S. The lowest BCUT2D eigenvalue weighted by Gasteiger charge is -2.15. The standard InChI is InChI=1S/C14H13N3O2S/c18-12-2-1-8-17(12)11-5-3-10(4-6-11)13(19)16-14-15-7-9-20-14/h3-7,9H,1-2,8H2,(H,15,16,19). The van der Waals surface area contributed by atoms with E-state index in [1.54, 1.807) is 40.7 Å². The number of benzene rings is 1. The number of hydrogen-bond donors (Lipinski definition) is 1. The van der Waals surface area contributed by atoms with Crippen LogP contribution in [0.25, 0.3) is 0 Å². The Morgan fingerprint density at radius 2 is 2.10 bits per heavy atom. The molecule has 6 heteroatoms. The zero-order chi connectivity index (χ0) is 13.9. The summed E-state index contributed by atoms with van der Waals surface area (Å²) in [5.74, 6) is -0.0516. The molecule has 1 aliphatic rings. The van der Waals surface area contributed by atoms with Gasteiger partial charge in [-0.1, -0.05) is 0 Å². The third-order valence-corrected chi connectivity index (χ3v) is 3.86. The minimum Gasteiger partial charge on any atom is -0.312 e. The van der Waals surface area contributed by atoms with Gasteiger partial charge < -0.3 is 4.90 Å². The van der Waals surface area contributed by atoms with Crippen molar-refractivity contribution in [2.24, 2.45) is 0 Å². The highest BCUT2D eigenvalue weighted by Crippen LogP contribution is 2.22. The Morgan fingerprint density at radius 1 is 1.30 bits per heavy atom. The minimum absolute atomic E-state index is 0.144. The lowest BCUT2D eigenvalue weighted by molar-refractivity contribution is -0.117. The average Bonchev–Trinajstić information content (AvgIpc) is 3.10. The van der Waals surface area contributed by atoms with Gasteiger partial charge in [0.05, 0.1) is 0 Å². The number of hydrogen-bond acceptors (Lipinski definition) is 4. The van der Waals surface area contributed by atoms with Crippen LogP contribution in [0.4, 0.5) is 10.8 Å². The van der Waals surface area contributed by atoms with E-state index in [-0.39, 0.29) is 11.8 Å². The quantitative estimate of drug-likeness (QED) is 0.943. The van der Waals surface area contributed by atoms with E-state index < -0.39 is 0 Å². The van der Waals surface area contributed by atoms with Crippen molar-refractivity contribution in [1.29, 1.82) is 0 Å². The molecule has 2 aromatic rings. The normalized spacial score (nSPS) is 14.6. The fraction of sp³-hybridized carbons (Fsp3) is 0.214. The van der Waals surface area contributed by atoms with Crippen molar-refractivity contribution in [3.63, 3.8) is 0 Å². The molecule has 1 fully saturated rings. The Kier molecular flexibility index (Phi) is 3.47. The van der Waals surface area contributed by atoms with Crippen LogP contribution in [0.5, 0.6) is 0 Å². The molecule has 0 spiro atoms. The van der Waals surface area contributed by atoms with Gasteiger partial charge in [-0.3, -0.25) is 14.9 Å². The van der Waals surface area contributed by atoms with Crippen LogP contribution >= 0.6 is 11.3 Å². The van der Waals surface area contributed by atoms with Gasteiger partial charge in [-0.15, -0.1) is 11.3 Å². The van der Waals surface area contributed by atoms with E-state index in [9.17, 15) is 9.59 Å². The number of nitrogens with zero attached hydrogens (tertiary/aromatic N) is 2. The highest BCUT2D eigenvalue weighted by molar-refractivity contribution is 7.13.